The van der Waals surface area contributed by atoms with E-state index in [9.17, 15) is 12.8 Å². The number of nitrogens with one attached hydrogen (secondary N) is 1. The van der Waals surface area contributed by atoms with Crippen molar-refractivity contribution in [3.63, 3.8) is 0 Å². The van der Waals surface area contributed by atoms with Gasteiger partial charge in [-0.3, -0.25) is 0 Å². The van der Waals surface area contributed by atoms with Crippen LogP contribution in [0.5, 0.6) is 0 Å². The van der Waals surface area contributed by atoms with Gasteiger partial charge in [-0.1, -0.05) is 16.8 Å². The Bertz CT molecular complexity index is 954. The Morgan fingerprint density at radius 2 is 1.76 bits per heavy atom. The first kappa shape index (κ1) is 17.6. The maximum Gasteiger partial charge on any atom is 0.240 e. The molecule has 0 bridgehead atoms. The minimum atomic E-state index is -3.69. The summed E-state index contributed by atoms with van der Waals surface area (Å²) in [6.07, 6.45) is 0.359. The summed E-state index contributed by atoms with van der Waals surface area (Å²) in [5, 5.41) is 4.55. The highest BCUT2D eigenvalue weighted by atomic mass is 35.5. The Morgan fingerprint density at radius 3 is 2.44 bits per heavy atom. The lowest BCUT2D eigenvalue weighted by Gasteiger charge is -2.05. The van der Waals surface area contributed by atoms with Crippen LogP contribution in [-0.4, -0.2) is 20.1 Å². The summed E-state index contributed by atoms with van der Waals surface area (Å²) < 4.78 is 44.8. The number of sulfonamides is 1. The molecule has 0 fully saturated rings. The van der Waals surface area contributed by atoms with Gasteiger partial charge in [0.1, 0.15) is 5.82 Å². The Balaban J connectivity index is 1.61. The van der Waals surface area contributed by atoms with E-state index < -0.39 is 15.8 Å². The summed E-state index contributed by atoms with van der Waals surface area (Å²) >= 11 is 5.84. The maximum atomic E-state index is 12.9. The first-order chi connectivity index (χ1) is 11.9. The lowest BCUT2D eigenvalue weighted by Crippen LogP contribution is -2.26. The van der Waals surface area contributed by atoms with Crippen molar-refractivity contribution < 1.29 is 17.3 Å². The molecule has 0 amide bonds. The zero-order valence-electron chi connectivity index (χ0n) is 12.9. The summed E-state index contributed by atoms with van der Waals surface area (Å²) in [6.45, 7) is 0.145. The van der Waals surface area contributed by atoms with Crippen LogP contribution >= 0.6 is 11.6 Å². The maximum absolute atomic E-state index is 12.9. The highest BCUT2D eigenvalue weighted by Crippen LogP contribution is 2.22. The third-order valence-electron chi connectivity index (χ3n) is 3.48. The van der Waals surface area contributed by atoms with Crippen LogP contribution in [0.3, 0.4) is 0 Å². The van der Waals surface area contributed by atoms with Crippen molar-refractivity contribution in [2.24, 2.45) is 0 Å². The van der Waals surface area contributed by atoms with Gasteiger partial charge in [0.15, 0.2) is 5.76 Å². The van der Waals surface area contributed by atoms with E-state index in [2.05, 4.69) is 9.88 Å². The van der Waals surface area contributed by atoms with E-state index >= 15 is 0 Å². The summed E-state index contributed by atoms with van der Waals surface area (Å²) in [7, 11) is -3.69. The number of halogens is 2. The summed E-state index contributed by atoms with van der Waals surface area (Å²) in [6, 6.07) is 13.5. The largest absolute Gasteiger partial charge is 0.356 e. The van der Waals surface area contributed by atoms with Gasteiger partial charge < -0.3 is 4.52 Å². The molecule has 2 aromatic carbocycles. The SMILES string of the molecule is O=S(=O)(NCCc1cc(-c2ccc(Cl)cc2)on1)c1ccc(F)cc1. The molecule has 1 N–H and O–H groups in total. The van der Waals surface area contributed by atoms with E-state index in [1.54, 1.807) is 18.2 Å². The van der Waals surface area contributed by atoms with Gasteiger partial charge in [-0.2, -0.15) is 0 Å². The summed E-state index contributed by atoms with van der Waals surface area (Å²) in [5.74, 6) is 0.0873. The molecule has 0 saturated carbocycles. The smallest absolute Gasteiger partial charge is 0.240 e. The van der Waals surface area contributed by atoms with Crippen LogP contribution in [0.4, 0.5) is 4.39 Å². The van der Waals surface area contributed by atoms with Crippen molar-refractivity contribution in [1.82, 2.24) is 9.88 Å². The zero-order chi connectivity index (χ0) is 17.9. The molecule has 0 radical (unpaired) electrons. The third-order valence-corrected chi connectivity index (χ3v) is 5.21. The average molecular weight is 381 g/mol. The molecule has 25 heavy (non-hydrogen) atoms. The molecule has 0 aliphatic heterocycles. The molecular weight excluding hydrogens is 367 g/mol. The monoisotopic (exact) mass is 380 g/mol. The summed E-state index contributed by atoms with van der Waals surface area (Å²) in [5.41, 5.74) is 1.45. The van der Waals surface area contributed by atoms with Crippen LogP contribution < -0.4 is 4.72 Å². The van der Waals surface area contributed by atoms with Gasteiger partial charge in [-0.05, 0) is 48.5 Å². The number of hydrogen-bond donors (Lipinski definition) is 1. The van der Waals surface area contributed by atoms with Crippen LogP contribution in [0.15, 0.2) is 64.0 Å². The third kappa shape index (κ3) is 4.45. The highest BCUT2D eigenvalue weighted by Gasteiger charge is 2.14. The normalized spacial score (nSPS) is 11.6. The van der Waals surface area contributed by atoms with Gasteiger partial charge in [0, 0.05) is 29.6 Å². The Kier molecular flexibility index (Phi) is 5.17. The molecule has 0 aliphatic rings. The molecule has 3 aromatic rings. The minimum absolute atomic E-state index is 0.0101. The second-order valence-corrected chi connectivity index (χ2v) is 7.49. The fourth-order valence-electron chi connectivity index (χ4n) is 2.19. The molecule has 3 rings (SSSR count). The number of rotatable bonds is 6. The zero-order valence-corrected chi connectivity index (χ0v) is 14.5. The van der Waals surface area contributed by atoms with Gasteiger partial charge in [0.05, 0.1) is 10.6 Å². The van der Waals surface area contributed by atoms with Crippen LogP contribution in [0.25, 0.3) is 11.3 Å². The molecule has 1 aromatic heterocycles. The molecule has 8 heteroatoms. The fraction of sp³-hybridized carbons (Fsp3) is 0.118. The number of benzene rings is 2. The van der Waals surface area contributed by atoms with Crippen molar-refractivity contribution >= 4 is 21.6 Å². The van der Waals surface area contributed by atoms with E-state index in [0.717, 1.165) is 17.7 Å². The van der Waals surface area contributed by atoms with Gasteiger partial charge in [-0.15, -0.1) is 0 Å². The van der Waals surface area contributed by atoms with Gasteiger partial charge in [0.2, 0.25) is 10.0 Å². The molecule has 0 atom stereocenters. The number of hydrogen-bond acceptors (Lipinski definition) is 4. The first-order valence-electron chi connectivity index (χ1n) is 7.41. The van der Waals surface area contributed by atoms with Crippen LogP contribution in [-0.2, 0) is 16.4 Å². The van der Waals surface area contributed by atoms with Gasteiger partial charge in [-0.25, -0.2) is 17.5 Å². The number of nitrogens with zero attached hydrogens (tertiary/aromatic N) is 1. The predicted octanol–water partition coefficient (Wildman–Crippen LogP) is 3.66. The standard InChI is InChI=1S/C17H14ClFN2O3S/c18-13-3-1-12(2-4-13)17-11-15(21-24-17)9-10-20-25(22,23)16-7-5-14(19)6-8-16/h1-8,11,20H,9-10H2. The average Bonchev–Trinajstić information content (AvgIpc) is 3.04. The summed E-state index contributed by atoms with van der Waals surface area (Å²) in [4.78, 5) is 0.0101. The van der Waals surface area contributed by atoms with Crippen LogP contribution in [0, 0.1) is 5.82 Å². The Labute approximate surface area is 149 Å². The Morgan fingerprint density at radius 1 is 1.08 bits per heavy atom. The van der Waals surface area contributed by atoms with Crippen molar-refractivity contribution in [2.45, 2.75) is 11.3 Å². The van der Waals surface area contributed by atoms with Gasteiger partial charge in [0.25, 0.3) is 0 Å². The minimum Gasteiger partial charge on any atom is -0.356 e. The topological polar surface area (TPSA) is 72.2 Å². The van der Waals surface area contributed by atoms with Crippen LogP contribution in [0.1, 0.15) is 5.69 Å². The molecular formula is C17H14ClFN2O3S. The Hall–Kier alpha value is -2.22. The first-order valence-corrected chi connectivity index (χ1v) is 9.27. The molecule has 0 spiro atoms. The fourth-order valence-corrected chi connectivity index (χ4v) is 3.35. The molecule has 1 heterocycles. The molecule has 5 nitrogen and oxygen atoms in total. The van der Waals surface area contributed by atoms with Crippen molar-refractivity contribution in [3.8, 4) is 11.3 Å². The van der Waals surface area contributed by atoms with Crippen molar-refractivity contribution in [3.05, 3.63) is 71.1 Å². The number of aromatic nitrogens is 1. The van der Waals surface area contributed by atoms with Crippen molar-refractivity contribution in [1.29, 1.82) is 0 Å². The van der Waals surface area contributed by atoms with Crippen molar-refractivity contribution in [2.75, 3.05) is 6.54 Å². The predicted molar refractivity (Wildman–Crippen MR) is 92.2 cm³/mol. The molecule has 0 saturated heterocycles. The highest BCUT2D eigenvalue weighted by molar-refractivity contribution is 7.89. The van der Waals surface area contributed by atoms with E-state index in [0.29, 0.717) is 22.9 Å². The van der Waals surface area contributed by atoms with Crippen LogP contribution in [0.2, 0.25) is 5.02 Å². The second-order valence-electron chi connectivity index (χ2n) is 5.29. The lowest BCUT2D eigenvalue weighted by atomic mass is 10.1. The second kappa shape index (κ2) is 7.35. The lowest BCUT2D eigenvalue weighted by molar-refractivity contribution is 0.423. The van der Waals surface area contributed by atoms with E-state index in [4.69, 9.17) is 16.1 Å². The van der Waals surface area contributed by atoms with E-state index in [-0.39, 0.29) is 11.4 Å². The van der Waals surface area contributed by atoms with E-state index in [1.807, 2.05) is 12.1 Å². The van der Waals surface area contributed by atoms with E-state index in [1.165, 1.54) is 12.1 Å². The molecule has 130 valence electrons. The quantitative estimate of drug-likeness (QED) is 0.708. The van der Waals surface area contributed by atoms with Gasteiger partial charge >= 0.3 is 0 Å². The molecule has 0 aliphatic carbocycles. The molecule has 0 unspecified atom stereocenters.